The Bertz CT molecular complexity index is 1910. The van der Waals surface area contributed by atoms with Gasteiger partial charge in [-0.25, -0.2) is 4.98 Å². The molecule has 1 aromatic heterocycles. The fraction of sp³-hybridized carbons (Fsp3) is 0.776. The number of carboxylic acids is 1. The van der Waals surface area contributed by atoms with Crippen LogP contribution in [-0.2, 0) is 35.2 Å². The summed E-state index contributed by atoms with van der Waals surface area (Å²) < 4.78 is 12.0. The van der Waals surface area contributed by atoms with Crippen molar-refractivity contribution in [2.45, 2.75) is 146 Å². The summed E-state index contributed by atoms with van der Waals surface area (Å²) in [5.74, 6) is 0.438. The quantitative estimate of drug-likeness (QED) is 0.235. The second kappa shape index (κ2) is 14.7. The highest BCUT2D eigenvalue weighted by Crippen LogP contribution is 2.77. The Hall–Kier alpha value is -3.27. The zero-order valence-corrected chi connectivity index (χ0v) is 37.4. The second-order valence-electron chi connectivity index (χ2n) is 22.3. The molecule has 0 spiro atoms. The van der Waals surface area contributed by atoms with Crippen LogP contribution >= 0.6 is 0 Å². The highest BCUT2D eigenvalue weighted by molar-refractivity contribution is 6.01. The van der Waals surface area contributed by atoms with E-state index >= 15 is 0 Å². The van der Waals surface area contributed by atoms with Gasteiger partial charge in [0.25, 0.3) is 0 Å². The number of rotatable bonds is 9. The molecule has 1 unspecified atom stereocenters. The number of nitrogens with one attached hydrogen (secondary N) is 1. The molecule has 59 heavy (non-hydrogen) atoms. The highest BCUT2D eigenvalue weighted by atomic mass is 16.5. The minimum absolute atomic E-state index is 0.0101. The number of ether oxygens (including phenoxy) is 2. The number of nitrogens with zero attached hydrogens (tertiary/aromatic N) is 2. The Morgan fingerprint density at radius 1 is 0.915 bits per heavy atom. The first kappa shape index (κ1) is 42.4. The van der Waals surface area contributed by atoms with E-state index in [-0.39, 0.29) is 63.2 Å². The van der Waals surface area contributed by atoms with Gasteiger partial charge in [0.05, 0.1) is 25.0 Å². The number of hydrogen-bond acceptors (Lipinski definition) is 8. The lowest BCUT2D eigenvalue weighted by Gasteiger charge is -2.72. The first-order valence-corrected chi connectivity index (χ1v) is 23.0. The van der Waals surface area contributed by atoms with Crippen molar-refractivity contribution in [1.82, 2.24) is 10.3 Å². The van der Waals surface area contributed by atoms with Crippen molar-refractivity contribution in [2.24, 2.45) is 68.0 Å². The predicted molar refractivity (Wildman–Crippen MR) is 226 cm³/mol. The molecule has 7 aliphatic rings. The van der Waals surface area contributed by atoms with Gasteiger partial charge in [-0.3, -0.25) is 19.2 Å². The van der Waals surface area contributed by atoms with Crippen molar-refractivity contribution in [3.63, 3.8) is 0 Å². The van der Waals surface area contributed by atoms with E-state index in [2.05, 4.69) is 63.7 Å². The summed E-state index contributed by atoms with van der Waals surface area (Å²) in [6, 6.07) is 3.98. The van der Waals surface area contributed by atoms with Gasteiger partial charge in [0.1, 0.15) is 11.9 Å². The number of aliphatic carboxylic acids is 1. The molecule has 5 saturated carbocycles. The maximum Gasteiger partial charge on any atom is 0.309 e. The van der Waals surface area contributed by atoms with Crippen LogP contribution in [0.5, 0.6) is 0 Å². The summed E-state index contributed by atoms with van der Waals surface area (Å²) in [7, 11) is 0. The topological polar surface area (TPSA) is 135 Å². The number of ketones is 1. The number of amides is 1. The van der Waals surface area contributed by atoms with E-state index in [4.69, 9.17) is 9.47 Å². The van der Waals surface area contributed by atoms with E-state index < -0.39 is 22.7 Å². The number of carbonyl (C=O) groups is 4. The molecule has 6 fully saturated rings. The van der Waals surface area contributed by atoms with E-state index in [0.717, 1.165) is 81.4 Å². The van der Waals surface area contributed by atoms with Gasteiger partial charge >= 0.3 is 11.9 Å². The Balaban J connectivity index is 1.01. The van der Waals surface area contributed by atoms with E-state index in [1.165, 1.54) is 5.57 Å². The standard InChI is InChI=1S/C49H71N3O7/c1-29(2)39-34(53)26-49(27-38(54)51-28-30-11-10-20-50-41(30)52-21-23-58-24-22-52)19-18-47(8)31(40(39)49)12-13-36-46(7)16-15-37(45(5,6)35(46)14-17-48(36,47)9)59-43(57)33-25-32(42(55)56)44(33,3)4/h10-11,20,29,31-33,35-37H,12-19,21-28H2,1-9H3,(H,51,54)(H,55,56)/t31-,32+,33-,35+,36-,37+,46+,47-,48-,49?/m1/s1. The maximum atomic E-state index is 14.2. The monoisotopic (exact) mass is 814 g/mol. The number of hydrogen-bond donors (Lipinski definition) is 2. The number of carboxylic acid groups (broad SMARTS) is 1. The minimum Gasteiger partial charge on any atom is -0.481 e. The van der Waals surface area contributed by atoms with Crippen molar-refractivity contribution in [1.29, 1.82) is 0 Å². The van der Waals surface area contributed by atoms with Gasteiger partial charge < -0.3 is 24.8 Å². The molecule has 0 radical (unpaired) electrons. The second-order valence-corrected chi connectivity index (χ2v) is 22.3. The highest BCUT2D eigenvalue weighted by Gasteiger charge is 2.70. The first-order chi connectivity index (χ1) is 27.7. The summed E-state index contributed by atoms with van der Waals surface area (Å²) in [4.78, 5) is 60.7. The lowest BCUT2D eigenvalue weighted by molar-refractivity contribution is -0.236. The van der Waals surface area contributed by atoms with E-state index in [0.29, 0.717) is 50.9 Å². The number of fused-ring (bicyclic) bond motifs is 7. The molecule has 1 aliphatic heterocycles. The molecule has 1 saturated heterocycles. The average molecular weight is 814 g/mol. The van der Waals surface area contributed by atoms with E-state index in [9.17, 15) is 24.3 Å². The number of aromatic nitrogens is 1. The van der Waals surface area contributed by atoms with Crippen LogP contribution < -0.4 is 10.2 Å². The molecule has 2 heterocycles. The van der Waals surface area contributed by atoms with Crippen LogP contribution in [0.3, 0.4) is 0 Å². The molecular formula is C49H71N3O7. The van der Waals surface area contributed by atoms with Gasteiger partial charge in [0.2, 0.25) is 5.91 Å². The molecule has 324 valence electrons. The zero-order valence-electron chi connectivity index (χ0n) is 37.4. The number of anilines is 1. The molecular weight excluding hydrogens is 743 g/mol. The Morgan fingerprint density at radius 3 is 2.32 bits per heavy atom. The molecule has 1 aromatic rings. The van der Waals surface area contributed by atoms with Crippen LogP contribution in [0.15, 0.2) is 29.5 Å². The molecule has 1 amide bonds. The van der Waals surface area contributed by atoms with Crippen LogP contribution in [0.4, 0.5) is 5.82 Å². The Kier molecular flexibility index (Phi) is 10.6. The molecule has 0 bridgehead atoms. The Morgan fingerprint density at radius 2 is 1.64 bits per heavy atom. The maximum absolute atomic E-state index is 14.2. The van der Waals surface area contributed by atoms with E-state index in [1.807, 2.05) is 32.2 Å². The van der Waals surface area contributed by atoms with Crippen LogP contribution in [-0.4, -0.2) is 66.1 Å². The third-order valence-corrected chi connectivity index (χ3v) is 18.8. The number of carbonyl (C=O) groups excluding carboxylic acids is 3. The molecule has 0 aromatic carbocycles. The zero-order chi connectivity index (χ0) is 42.5. The van der Waals surface area contributed by atoms with Crippen LogP contribution in [0, 0.1) is 68.0 Å². The van der Waals surface area contributed by atoms with Crippen LogP contribution in [0.2, 0.25) is 0 Å². The van der Waals surface area contributed by atoms with Crippen molar-refractivity contribution < 1.29 is 33.8 Å². The third kappa shape index (κ3) is 6.44. The van der Waals surface area contributed by atoms with Crippen molar-refractivity contribution >= 4 is 29.4 Å². The molecule has 2 N–H and O–H groups in total. The fourth-order valence-electron chi connectivity index (χ4n) is 15.3. The van der Waals surface area contributed by atoms with Gasteiger partial charge in [0.15, 0.2) is 5.78 Å². The van der Waals surface area contributed by atoms with Gasteiger partial charge in [-0.05, 0) is 115 Å². The fourth-order valence-corrected chi connectivity index (χ4v) is 15.3. The smallest absolute Gasteiger partial charge is 0.309 e. The summed E-state index contributed by atoms with van der Waals surface area (Å²) >= 11 is 0. The number of pyridine rings is 1. The van der Waals surface area contributed by atoms with Crippen molar-refractivity contribution in [2.75, 3.05) is 31.2 Å². The predicted octanol–water partition coefficient (Wildman–Crippen LogP) is 8.56. The third-order valence-electron chi connectivity index (χ3n) is 18.8. The number of esters is 1. The van der Waals surface area contributed by atoms with Gasteiger partial charge in [-0.15, -0.1) is 0 Å². The Labute approximate surface area is 352 Å². The molecule has 10 atom stereocenters. The van der Waals surface area contributed by atoms with Crippen molar-refractivity contribution in [3.05, 3.63) is 35.0 Å². The first-order valence-electron chi connectivity index (χ1n) is 23.0. The lowest BCUT2D eigenvalue weighted by Crippen LogP contribution is -2.66. The summed E-state index contributed by atoms with van der Waals surface area (Å²) in [6.45, 7) is 23.7. The van der Waals surface area contributed by atoms with Gasteiger partial charge in [-0.2, -0.15) is 0 Å². The lowest BCUT2D eigenvalue weighted by atomic mass is 9.33. The van der Waals surface area contributed by atoms with Crippen LogP contribution in [0.25, 0.3) is 0 Å². The number of morpholine rings is 1. The molecule has 8 rings (SSSR count). The van der Waals surface area contributed by atoms with Gasteiger partial charge in [0, 0.05) is 55.1 Å². The summed E-state index contributed by atoms with van der Waals surface area (Å²) in [5.41, 5.74) is 2.15. The number of allylic oxidation sites excluding steroid dienone is 2. The summed E-state index contributed by atoms with van der Waals surface area (Å²) in [6.07, 6.45) is 10.7. The molecule has 6 aliphatic carbocycles. The molecule has 10 nitrogen and oxygen atoms in total. The minimum atomic E-state index is -0.831. The summed E-state index contributed by atoms with van der Waals surface area (Å²) in [5, 5.41) is 13.0. The van der Waals surface area contributed by atoms with E-state index in [1.54, 1.807) is 0 Å². The number of Topliss-reactive ketones (excluding diaryl/α,β-unsaturated/α-hetero) is 1. The molecule has 10 heteroatoms. The largest absolute Gasteiger partial charge is 0.481 e. The van der Waals surface area contributed by atoms with Gasteiger partial charge in [-0.1, -0.05) is 74.0 Å². The average Bonchev–Trinajstić information content (AvgIpc) is 3.46. The van der Waals surface area contributed by atoms with Crippen LogP contribution in [0.1, 0.15) is 139 Å². The normalized spacial score (nSPS) is 39.6. The SMILES string of the molecule is CC(C)C1=C2[C@H]3CC[C@@H]4[C@@]5(C)CC[C@H](OC(=O)[C@H]6C[C@@H](C(=O)O)C6(C)C)C(C)(C)[C@@H]5CC[C@@]4(C)[C@]3(C)CCC2(CC(=O)NCc2cccnc2N2CCOCC2)CC1=O. The van der Waals surface area contributed by atoms with Crippen molar-refractivity contribution in [3.8, 4) is 0 Å².